The van der Waals surface area contributed by atoms with Gasteiger partial charge in [0.05, 0.1) is 5.88 Å². The zero-order valence-electron chi connectivity index (χ0n) is 9.09. The number of hydrogen-bond donors (Lipinski definition) is 0. The number of alkyl halides is 6. The third kappa shape index (κ3) is 4.06. The van der Waals surface area contributed by atoms with E-state index in [2.05, 4.69) is 9.72 Å². The van der Waals surface area contributed by atoms with Crippen molar-refractivity contribution in [2.75, 3.05) is 0 Å². The Bertz CT molecular complexity index is 605. The van der Waals surface area contributed by atoms with Crippen LogP contribution in [0.2, 0.25) is 0 Å². The first-order valence-electron chi connectivity index (χ1n) is 4.53. The van der Waals surface area contributed by atoms with Crippen molar-refractivity contribution in [3.8, 4) is 5.88 Å². The second-order valence-corrected chi connectivity index (χ2v) is 6.02. The summed E-state index contributed by atoms with van der Waals surface area (Å²) in [6.07, 6.45) is -8.38. The molecule has 1 aromatic heterocycles. The number of nitrogens with zero attached hydrogens (tertiary/aromatic N) is 1. The van der Waals surface area contributed by atoms with Gasteiger partial charge in [0, 0.05) is 22.4 Å². The van der Waals surface area contributed by atoms with Gasteiger partial charge in [-0.1, -0.05) is 0 Å². The van der Waals surface area contributed by atoms with E-state index in [1.54, 1.807) is 0 Å². The Labute approximate surface area is 118 Å². The summed E-state index contributed by atoms with van der Waals surface area (Å²) in [5, 5.41) is 0. The van der Waals surface area contributed by atoms with E-state index < -0.39 is 49.6 Å². The highest BCUT2D eigenvalue weighted by atomic mass is 35.7. The smallest absolute Gasteiger partial charge is 0.387 e. The summed E-state index contributed by atoms with van der Waals surface area (Å²) < 4.78 is 87.8. The van der Waals surface area contributed by atoms with E-state index in [1.165, 1.54) is 0 Å². The van der Waals surface area contributed by atoms with Crippen LogP contribution in [0.25, 0.3) is 0 Å². The lowest BCUT2D eigenvalue weighted by molar-refractivity contribution is -0.276. The van der Waals surface area contributed by atoms with E-state index in [-0.39, 0.29) is 0 Å². The fraction of sp³-hybridized carbons (Fsp3) is 0.375. The molecule has 0 bridgehead atoms. The van der Waals surface area contributed by atoms with Crippen LogP contribution in [0.1, 0.15) is 17.6 Å². The fourth-order valence-electron chi connectivity index (χ4n) is 1.30. The van der Waals surface area contributed by atoms with Crippen LogP contribution in [0, 0.1) is 0 Å². The molecule has 1 rings (SSSR count). The van der Waals surface area contributed by atoms with Crippen LogP contribution in [0.4, 0.5) is 22.0 Å². The first-order chi connectivity index (χ1) is 8.97. The van der Waals surface area contributed by atoms with Gasteiger partial charge in [-0.05, 0) is 0 Å². The van der Waals surface area contributed by atoms with Crippen LogP contribution in [-0.2, 0) is 14.9 Å². The highest BCUT2D eigenvalue weighted by Gasteiger charge is 2.37. The summed E-state index contributed by atoms with van der Waals surface area (Å²) in [5.74, 6) is -2.19. The molecular weight excluding hydrogens is 356 g/mol. The lowest BCUT2D eigenvalue weighted by Gasteiger charge is -2.15. The van der Waals surface area contributed by atoms with Crippen LogP contribution in [-0.4, -0.2) is 19.8 Å². The predicted octanol–water partition coefficient (Wildman–Crippen LogP) is 3.58. The van der Waals surface area contributed by atoms with E-state index in [1.807, 2.05) is 0 Å². The second kappa shape index (κ2) is 5.86. The van der Waals surface area contributed by atoms with Gasteiger partial charge in [0.1, 0.15) is 10.5 Å². The Balaban J connectivity index is 3.66. The Kier molecular flexibility index (Phi) is 5.03. The van der Waals surface area contributed by atoms with Gasteiger partial charge < -0.3 is 4.74 Å². The molecule has 1 aromatic rings. The molecule has 0 aliphatic carbocycles. The van der Waals surface area contributed by atoms with E-state index in [9.17, 15) is 30.4 Å². The molecule has 0 N–H and O–H groups in total. The van der Waals surface area contributed by atoms with Crippen molar-refractivity contribution in [1.29, 1.82) is 0 Å². The van der Waals surface area contributed by atoms with Crippen molar-refractivity contribution in [1.82, 2.24) is 4.98 Å². The molecule has 0 aliphatic rings. The molecule has 0 unspecified atom stereocenters. The molecule has 12 heteroatoms. The minimum atomic E-state index is -5.33. The summed E-state index contributed by atoms with van der Waals surface area (Å²) in [5.41, 5.74) is -2.05. The average molecular weight is 360 g/mol. The van der Waals surface area contributed by atoms with Crippen molar-refractivity contribution in [2.45, 2.75) is 23.6 Å². The van der Waals surface area contributed by atoms with Crippen molar-refractivity contribution in [2.24, 2.45) is 0 Å². The zero-order chi connectivity index (χ0) is 15.7. The predicted molar refractivity (Wildman–Crippen MR) is 58.5 cm³/mol. The van der Waals surface area contributed by atoms with Gasteiger partial charge in [0.2, 0.25) is 5.88 Å². The monoisotopic (exact) mass is 359 g/mol. The van der Waals surface area contributed by atoms with Crippen LogP contribution in [0.15, 0.2) is 11.1 Å². The van der Waals surface area contributed by atoms with Gasteiger partial charge >= 0.3 is 6.36 Å². The molecule has 4 nitrogen and oxygen atoms in total. The Hall–Kier alpha value is -0.870. The fourth-order valence-corrected chi connectivity index (χ4v) is 3.01. The summed E-state index contributed by atoms with van der Waals surface area (Å²) >= 11 is 5.33. The largest absolute Gasteiger partial charge is 0.574 e. The normalized spacial score (nSPS) is 12.8. The number of halogens is 7. The molecule has 0 aromatic carbocycles. The maximum absolute atomic E-state index is 12.9. The molecule has 0 radical (unpaired) electrons. The Morgan fingerprint density at radius 3 is 2.25 bits per heavy atom. The summed E-state index contributed by atoms with van der Waals surface area (Å²) in [6.45, 7) is 0. The first-order valence-corrected chi connectivity index (χ1v) is 7.38. The van der Waals surface area contributed by atoms with Crippen LogP contribution in [0.3, 0.4) is 0 Å². The topological polar surface area (TPSA) is 56.3 Å². The molecule has 114 valence electrons. The molecule has 0 saturated carbocycles. The second-order valence-electron chi connectivity index (χ2n) is 3.25. The third-order valence-corrected chi connectivity index (χ3v) is 3.64. The van der Waals surface area contributed by atoms with E-state index in [0.29, 0.717) is 6.20 Å². The van der Waals surface area contributed by atoms with Gasteiger partial charge in [-0.2, -0.15) is 0 Å². The summed E-state index contributed by atoms with van der Waals surface area (Å²) in [7, 11) is 0.172. The van der Waals surface area contributed by atoms with Crippen molar-refractivity contribution in [3.63, 3.8) is 0 Å². The molecule has 0 aliphatic heterocycles. The number of aromatic nitrogens is 1. The lowest BCUT2D eigenvalue weighted by Crippen LogP contribution is -2.20. The van der Waals surface area contributed by atoms with Crippen LogP contribution >= 0.6 is 22.3 Å². The van der Waals surface area contributed by atoms with Crippen molar-refractivity contribution in [3.05, 3.63) is 17.3 Å². The Morgan fingerprint density at radius 2 is 1.90 bits per heavy atom. The highest BCUT2D eigenvalue weighted by molar-refractivity contribution is 8.13. The van der Waals surface area contributed by atoms with Crippen LogP contribution in [0.5, 0.6) is 5.88 Å². The minimum absolute atomic E-state index is 0.466. The number of ether oxygens (including phenoxy) is 1. The minimum Gasteiger partial charge on any atom is -0.387 e. The Morgan fingerprint density at radius 1 is 1.35 bits per heavy atom. The molecule has 1 heterocycles. The standard InChI is InChI=1S/C8H4Cl2F5NO3S/c9-1-3-2-16-7(19-8(13,14)15)4(6(11)12)5(3)20(10,17)18/h2,6H,1H2. The van der Waals surface area contributed by atoms with Crippen LogP contribution < -0.4 is 4.74 Å². The van der Waals surface area contributed by atoms with E-state index in [4.69, 9.17) is 22.3 Å². The highest BCUT2D eigenvalue weighted by Crippen LogP contribution is 2.39. The molecule has 0 saturated heterocycles. The maximum Gasteiger partial charge on any atom is 0.574 e. The number of hydrogen-bond acceptors (Lipinski definition) is 4. The number of rotatable bonds is 4. The summed E-state index contributed by atoms with van der Waals surface area (Å²) in [4.78, 5) is 1.76. The number of pyridine rings is 1. The molecule has 0 fully saturated rings. The first kappa shape index (κ1) is 17.2. The lowest BCUT2D eigenvalue weighted by atomic mass is 10.2. The quantitative estimate of drug-likeness (QED) is 0.468. The molecule has 0 amide bonds. The van der Waals surface area contributed by atoms with Gasteiger partial charge in [0.25, 0.3) is 15.5 Å². The molecular formula is C8H4Cl2F5NO3S. The van der Waals surface area contributed by atoms with Gasteiger partial charge in [-0.3, -0.25) is 0 Å². The van der Waals surface area contributed by atoms with Crippen molar-refractivity contribution < 1.29 is 35.1 Å². The SMILES string of the molecule is O=S(=O)(Cl)c1c(CCl)cnc(OC(F)(F)F)c1C(F)F. The van der Waals surface area contributed by atoms with E-state index in [0.717, 1.165) is 0 Å². The van der Waals surface area contributed by atoms with Gasteiger partial charge in [0.15, 0.2) is 0 Å². The van der Waals surface area contributed by atoms with E-state index >= 15 is 0 Å². The molecule has 0 spiro atoms. The van der Waals surface area contributed by atoms with Gasteiger partial charge in [-0.25, -0.2) is 22.2 Å². The zero-order valence-corrected chi connectivity index (χ0v) is 11.4. The van der Waals surface area contributed by atoms with Gasteiger partial charge in [-0.15, -0.1) is 24.8 Å². The average Bonchev–Trinajstić information content (AvgIpc) is 2.24. The molecule has 20 heavy (non-hydrogen) atoms. The van der Waals surface area contributed by atoms with Crippen molar-refractivity contribution >= 4 is 31.3 Å². The summed E-state index contributed by atoms with van der Waals surface area (Å²) in [6, 6.07) is 0. The molecule has 0 atom stereocenters. The maximum atomic E-state index is 12.9. The third-order valence-electron chi connectivity index (χ3n) is 1.92.